The average Bonchev–Trinajstić information content (AvgIpc) is 3.11. The molecule has 0 bridgehead atoms. The highest BCUT2D eigenvalue weighted by Gasteiger charge is 2.45. The number of fused-ring (bicyclic) bond motifs is 1. The molecule has 2 aromatic heterocycles. The Hall–Kier alpha value is -1.57. The van der Waals surface area contributed by atoms with Gasteiger partial charge in [-0.3, -0.25) is 9.30 Å². The fraction of sp³-hybridized carbons (Fsp3) is 0.455. The van der Waals surface area contributed by atoms with Gasteiger partial charge in [0.1, 0.15) is 30.2 Å². The molecular formula is C11H15N5O9P2. The molecule has 1 aliphatic heterocycles. The number of hydrogen-bond acceptors (Lipinski definition) is 11. The summed E-state index contributed by atoms with van der Waals surface area (Å²) in [6, 6.07) is 0. The Labute approximate surface area is 151 Å². The topological polar surface area (TPSA) is 229 Å². The van der Waals surface area contributed by atoms with Crippen LogP contribution < -0.4 is 10.6 Å². The monoisotopic (exact) mass is 423 g/mol. The van der Waals surface area contributed by atoms with Crippen LogP contribution in [0.25, 0.3) is 11.2 Å². The van der Waals surface area contributed by atoms with Gasteiger partial charge in [0, 0.05) is 0 Å². The fourth-order valence-electron chi connectivity index (χ4n) is 2.56. The molecule has 0 aliphatic carbocycles. The van der Waals surface area contributed by atoms with Crippen molar-refractivity contribution in [2.45, 2.75) is 24.5 Å². The molecule has 5 unspecified atom stereocenters. The van der Waals surface area contributed by atoms with Gasteiger partial charge >= 0.3 is 12.8 Å². The van der Waals surface area contributed by atoms with Gasteiger partial charge in [-0.25, -0.2) is 19.5 Å². The lowest BCUT2D eigenvalue weighted by Gasteiger charge is -2.16. The van der Waals surface area contributed by atoms with E-state index in [4.69, 9.17) is 29.9 Å². The van der Waals surface area contributed by atoms with E-state index >= 15 is 0 Å². The molecule has 2 aromatic rings. The van der Waals surface area contributed by atoms with E-state index < -0.39 is 52.0 Å². The summed E-state index contributed by atoms with van der Waals surface area (Å²) in [5.74, 6) is 0.0966. The minimum Gasteiger partial charge on any atom is -0.601 e. The van der Waals surface area contributed by atoms with Crippen LogP contribution in [0.2, 0.25) is 0 Å². The third-order valence-electron chi connectivity index (χ3n) is 3.79. The Balaban J connectivity index is 1.81. The van der Waals surface area contributed by atoms with Gasteiger partial charge in [-0.2, -0.15) is 4.89 Å². The van der Waals surface area contributed by atoms with Crippen molar-refractivity contribution in [1.29, 1.82) is 0 Å². The molecule has 1 saturated heterocycles. The molecule has 7 N–H and O–H groups in total. The van der Waals surface area contributed by atoms with E-state index in [-0.39, 0.29) is 17.0 Å². The minimum atomic E-state index is -5.11. The maximum atomic E-state index is 11.2. The van der Waals surface area contributed by atoms with Gasteiger partial charge in [-0.1, -0.05) is 0 Å². The molecule has 16 heteroatoms. The molecule has 1 fully saturated rings. The van der Waals surface area contributed by atoms with Crippen LogP contribution in [0.5, 0.6) is 0 Å². The second-order valence-corrected chi connectivity index (χ2v) is 8.34. The van der Waals surface area contributed by atoms with Crippen molar-refractivity contribution in [1.82, 2.24) is 19.5 Å². The molecule has 3 heterocycles. The molecule has 0 amide bonds. The lowest BCUT2D eigenvalue weighted by molar-refractivity contribution is -0.168. The first kappa shape index (κ1) is 20.2. The Bertz CT molecular complexity index is 926. The van der Waals surface area contributed by atoms with Crippen LogP contribution >= 0.6 is 15.6 Å². The Morgan fingerprint density at radius 1 is 1.37 bits per heavy atom. The maximum Gasteiger partial charge on any atom is 0.425 e. The Morgan fingerprint density at radius 2 is 2.07 bits per heavy atom. The molecule has 27 heavy (non-hydrogen) atoms. The number of imidazole rings is 1. The van der Waals surface area contributed by atoms with Gasteiger partial charge in [0.15, 0.2) is 17.7 Å². The van der Waals surface area contributed by atoms with Crippen LogP contribution in [0, 0.1) is 0 Å². The zero-order valence-electron chi connectivity index (χ0n) is 13.3. The highest BCUT2D eigenvalue weighted by Crippen LogP contribution is 2.42. The van der Waals surface area contributed by atoms with E-state index in [0.717, 1.165) is 0 Å². The molecule has 14 nitrogen and oxygen atoms in total. The summed E-state index contributed by atoms with van der Waals surface area (Å²) in [4.78, 5) is 49.7. The first-order valence-electron chi connectivity index (χ1n) is 7.28. The summed E-state index contributed by atoms with van der Waals surface area (Å²) in [5, 5.41) is 19.0. The number of rotatable bonds is 5. The van der Waals surface area contributed by atoms with Gasteiger partial charge in [-0.05, 0) is 0 Å². The number of nitrogen functional groups attached to an aromatic ring is 1. The summed E-state index contributed by atoms with van der Waals surface area (Å²) in [6.07, 6.45) is -3.01. The van der Waals surface area contributed by atoms with Crippen LogP contribution in [-0.2, 0) is 14.0 Å². The molecule has 148 valence electrons. The number of hydrogen-bond donors (Lipinski definition) is 6. The van der Waals surface area contributed by atoms with E-state index in [1.165, 1.54) is 17.2 Å². The lowest BCUT2D eigenvalue weighted by atomic mass is 10.1. The van der Waals surface area contributed by atoms with Crippen molar-refractivity contribution >= 4 is 37.8 Å². The molecule has 0 aromatic carbocycles. The molecular weight excluding hydrogens is 408 g/mol. The van der Waals surface area contributed by atoms with Gasteiger partial charge in [0.25, 0.3) is 8.00 Å². The van der Waals surface area contributed by atoms with E-state index in [0.29, 0.717) is 0 Å². The van der Waals surface area contributed by atoms with Gasteiger partial charge in [0.2, 0.25) is 0 Å². The summed E-state index contributed by atoms with van der Waals surface area (Å²) >= 11 is 0. The van der Waals surface area contributed by atoms with Crippen LogP contribution in [0.3, 0.4) is 0 Å². The summed E-state index contributed by atoms with van der Waals surface area (Å²) in [5.41, 5.74) is 6.15. The fourth-order valence-corrected chi connectivity index (χ4v) is 3.88. The van der Waals surface area contributed by atoms with Crippen molar-refractivity contribution in [2.75, 3.05) is 12.3 Å². The van der Waals surface area contributed by atoms with Crippen LogP contribution in [-0.4, -0.2) is 74.6 Å². The van der Waals surface area contributed by atoms with Gasteiger partial charge in [-0.15, -0.1) is 0 Å². The number of aliphatic hydroxyl groups excluding tert-OH is 2. The first-order valence-corrected chi connectivity index (χ1v) is 10.1. The number of aliphatic hydroxyl groups is 2. The molecule has 1 aliphatic rings. The smallest absolute Gasteiger partial charge is 0.425 e. The van der Waals surface area contributed by atoms with E-state index in [1.54, 1.807) is 0 Å². The van der Waals surface area contributed by atoms with Crippen molar-refractivity contribution < 1.29 is 43.8 Å². The van der Waals surface area contributed by atoms with E-state index in [2.05, 4.69) is 15.0 Å². The molecule has 0 radical (unpaired) electrons. The number of anilines is 1. The van der Waals surface area contributed by atoms with Crippen molar-refractivity contribution in [3.63, 3.8) is 0 Å². The third-order valence-corrected chi connectivity index (χ3v) is 6.17. The van der Waals surface area contributed by atoms with E-state index in [1.807, 2.05) is 0 Å². The van der Waals surface area contributed by atoms with Crippen LogP contribution in [0.1, 0.15) is 6.23 Å². The maximum absolute atomic E-state index is 11.2. The van der Waals surface area contributed by atoms with E-state index in [9.17, 15) is 19.7 Å². The van der Waals surface area contributed by atoms with Gasteiger partial charge < -0.3 is 35.4 Å². The summed E-state index contributed by atoms with van der Waals surface area (Å²) in [6.45, 7) is -0.694. The molecule has 3 rings (SSSR count). The molecule has 0 saturated carbocycles. The average molecular weight is 423 g/mol. The number of aromatic nitrogens is 4. The number of ether oxygens (including phenoxy) is 2. The highest BCUT2D eigenvalue weighted by atomic mass is 31.2. The number of nitrogens with two attached hydrogens (primary N) is 1. The first-order chi connectivity index (χ1) is 12.6. The predicted octanol–water partition coefficient (Wildman–Crippen LogP) is -3.03. The Kier molecular flexibility index (Phi) is 5.57. The highest BCUT2D eigenvalue weighted by molar-refractivity contribution is 7.82. The van der Waals surface area contributed by atoms with Crippen LogP contribution in [0.4, 0.5) is 5.82 Å². The van der Waals surface area contributed by atoms with Crippen LogP contribution in [0.15, 0.2) is 12.7 Å². The second kappa shape index (κ2) is 7.45. The zero-order chi connectivity index (χ0) is 19.9. The number of nitrogens with zero attached hydrogens (tertiary/aromatic N) is 4. The quantitative estimate of drug-likeness (QED) is 0.263. The largest absolute Gasteiger partial charge is 0.601 e. The predicted molar refractivity (Wildman–Crippen MR) is 87.8 cm³/mol. The SMILES string of the molecule is Nc1ncnc2c1ncn2C1OC(COC(=[P+]([O-])O)P(=O)(O)O)C(O)C1O. The second-order valence-electron chi connectivity index (χ2n) is 5.54. The summed E-state index contributed by atoms with van der Waals surface area (Å²) in [7, 11) is -8.55. The third kappa shape index (κ3) is 3.86. The standard InChI is InChI=1S/C11H15N5O9P2/c12-8-5-9(14-2-13-8)16(3-15-5)10-7(18)6(17)4(25-10)1-24-11(26(19)20)27(21,22)23/h2-4,6-7,10,17-18H,1H2,(H,19,20)(H2,12,13,14)(H2,21,22,23). The molecule has 0 spiro atoms. The van der Waals surface area contributed by atoms with Crippen molar-refractivity contribution in [3.05, 3.63) is 12.7 Å². The van der Waals surface area contributed by atoms with Gasteiger partial charge in [0.05, 0.1) is 12.9 Å². The van der Waals surface area contributed by atoms with Crippen molar-refractivity contribution in [2.24, 2.45) is 0 Å². The lowest BCUT2D eigenvalue weighted by Crippen LogP contribution is -2.34. The molecule has 5 atom stereocenters. The minimum absolute atomic E-state index is 0.0966. The Morgan fingerprint density at radius 3 is 2.70 bits per heavy atom. The summed E-state index contributed by atoms with van der Waals surface area (Å²) < 4.78 is 22.6. The van der Waals surface area contributed by atoms with Crippen molar-refractivity contribution in [3.8, 4) is 0 Å². The normalized spacial score (nSPS) is 27.2. The zero-order valence-corrected chi connectivity index (χ0v) is 15.1.